The molecule has 0 aliphatic heterocycles. The number of hydrogen-bond donors (Lipinski definition) is 0. The molecule has 11 aromatic rings. The molecule has 0 amide bonds. The van der Waals surface area contributed by atoms with Crippen molar-refractivity contribution in [1.82, 2.24) is 13.7 Å². The van der Waals surface area contributed by atoms with Crippen LogP contribution in [0.2, 0.25) is 0 Å². The SMILES string of the molecule is CC1(C)CCC(C)(C)c2cc3c(cc21)c1c2ccccc2c2c4ccccc4n(-c4ccccc4)c2c1n3-c1cccc(-n2c3ccccc3c3ccccc32)c1. The highest BCUT2D eigenvalue weighted by Crippen LogP contribution is 2.51. The molecule has 0 N–H and O–H groups in total. The zero-order valence-electron chi connectivity index (χ0n) is 32.8. The minimum Gasteiger partial charge on any atom is -0.309 e. The third kappa shape index (κ3) is 4.43. The first-order valence-electron chi connectivity index (χ1n) is 20.4. The minimum atomic E-state index is 0.0570. The minimum absolute atomic E-state index is 0.0570. The van der Waals surface area contributed by atoms with Crippen LogP contribution >= 0.6 is 0 Å². The smallest absolute Gasteiger partial charge is 0.0795 e. The van der Waals surface area contributed by atoms with E-state index in [2.05, 4.69) is 205 Å². The van der Waals surface area contributed by atoms with E-state index in [9.17, 15) is 0 Å². The molecule has 57 heavy (non-hydrogen) atoms. The van der Waals surface area contributed by atoms with E-state index in [-0.39, 0.29) is 10.8 Å². The van der Waals surface area contributed by atoms with Gasteiger partial charge in [0.15, 0.2) is 0 Å². The number of benzene rings is 8. The fraction of sp³-hybridized carbons (Fsp3) is 0.148. The molecule has 3 nitrogen and oxygen atoms in total. The van der Waals surface area contributed by atoms with Gasteiger partial charge in [-0.25, -0.2) is 0 Å². The van der Waals surface area contributed by atoms with Gasteiger partial charge in [-0.15, -0.1) is 0 Å². The molecule has 0 atom stereocenters. The van der Waals surface area contributed by atoms with Crippen molar-refractivity contribution in [2.45, 2.75) is 51.4 Å². The molecular formula is C54H43N3. The maximum Gasteiger partial charge on any atom is 0.0795 e. The lowest BCUT2D eigenvalue weighted by molar-refractivity contribution is 0.332. The van der Waals surface area contributed by atoms with Gasteiger partial charge in [-0.1, -0.05) is 131 Å². The Labute approximate surface area is 332 Å². The summed E-state index contributed by atoms with van der Waals surface area (Å²) < 4.78 is 7.59. The Hall–Kier alpha value is -6.58. The summed E-state index contributed by atoms with van der Waals surface area (Å²) in [5, 5.41) is 10.3. The van der Waals surface area contributed by atoms with Gasteiger partial charge >= 0.3 is 0 Å². The highest BCUT2D eigenvalue weighted by atomic mass is 15.1. The lowest BCUT2D eigenvalue weighted by Crippen LogP contribution is -2.33. The van der Waals surface area contributed by atoms with Crippen molar-refractivity contribution in [3.63, 3.8) is 0 Å². The standard InChI is InChI=1S/C54H43N3/c1-53(2)29-30-54(3,4)44-33-48-42(32-43(44)53)50-40-24-9-8-23-39(40)49-41-25-12-15-28-47(41)56(34-17-6-5-7-18-34)51(49)52(50)57(48)36-20-16-19-35(31-36)55-45-26-13-10-21-37(45)38-22-11-14-27-46(38)55/h5-28,31-33H,29-30H2,1-4H3. The first kappa shape index (κ1) is 32.6. The predicted octanol–water partition coefficient (Wildman–Crippen LogP) is 14.5. The third-order valence-electron chi connectivity index (χ3n) is 13.4. The number of fused-ring (bicyclic) bond motifs is 14. The Kier molecular flexibility index (Phi) is 6.58. The van der Waals surface area contributed by atoms with Gasteiger partial charge in [0, 0.05) is 49.4 Å². The van der Waals surface area contributed by atoms with Gasteiger partial charge in [0.1, 0.15) is 0 Å². The van der Waals surface area contributed by atoms with Crippen LogP contribution in [0.3, 0.4) is 0 Å². The molecule has 0 spiro atoms. The zero-order chi connectivity index (χ0) is 38.2. The van der Waals surface area contributed by atoms with Gasteiger partial charge in [0.2, 0.25) is 0 Å². The highest BCUT2D eigenvalue weighted by molar-refractivity contribution is 6.36. The average molecular weight is 734 g/mol. The molecule has 0 saturated heterocycles. The molecule has 8 aromatic carbocycles. The van der Waals surface area contributed by atoms with Crippen LogP contribution in [0.1, 0.15) is 51.7 Å². The number of nitrogens with zero attached hydrogens (tertiary/aromatic N) is 3. The second-order valence-electron chi connectivity index (χ2n) is 17.6. The van der Waals surface area contributed by atoms with Gasteiger partial charge < -0.3 is 13.7 Å². The van der Waals surface area contributed by atoms with Crippen LogP contribution in [0.15, 0.2) is 164 Å². The van der Waals surface area contributed by atoms with E-state index in [0.29, 0.717) is 0 Å². The Balaban J connectivity index is 1.32. The van der Waals surface area contributed by atoms with Crippen LogP contribution in [0, 0.1) is 0 Å². The first-order valence-corrected chi connectivity index (χ1v) is 20.4. The van der Waals surface area contributed by atoms with Crippen LogP contribution in [-0.4, -0.2) is 13.7 Å². The Bertz CT molecular complexity index is 3410. The summed E-state index contributed by atoms with van der Waals surface area (Å²) in [6.07, 6.45) is 2.34. The highest BCUT2D eigenvalue weighted by Gasteiger charge is 2.38. The molecule has 0 saturated carbocycles. The third-order valence-corrected chi connectivity index (χ3v) is 13.4. The molecule has 1 aliphatic rings. The normalized spacial score (nSPS) is 15.2. The van der Waals surface area contributed by atoms with Crippen LogP contribution in [-0.2, 0) is 10.8 Å². The zero-order valence-corrected chi connectivity index (χ0v) is 32.8. The van der Waals surface area contributed by atoms with Crippen molar-refractivity contribution in [2.75, 3.05) is 0 Å². The molecule has 0 bridgehead atoms. The van der Waals surface area contributed by atoms with Crippen molar-refractivity contribution in [2.24, 2.45) is 0 Å². The van der Waals surface area contributed by atoms with E-state index in [1.807, 2.05) is 0 Å². The summed E-state index contributed by atoms with van der Waals surface area (Å²) in [5.41, 5.74) is 14.0. The molecule has 0 unspecified atom stereocenters. The summed E-state index contributed by atoms with van der Waals surface area (Å²) in [6.45, 7) is 9.79. The van der Waals surface area contributed by atoms with E-state index < -0.39 is 0 Å². The van der Waals surface area contributed by atoms with Crippen molar-refractivity contribution in [3.8, 4) is 17.1 Å². The Morgan fingerprint density at radius 2 is 0.754 bits per heavy atom. The van der Waals surface area contributed by atoms with Gasteiger partial charge in [0.25, 0.3) is 0 Å². The van der Waals surface area contributed by atoms with Gasteiger partial charge in [-0.05, 0) is 106 Å². The molecular weight excluding hydrogens is 691 g/mol. The number of hydrogen-bond acceptors (Lipinski definition) is 0. The topological polar surface area (TPSA) is 14.8 Å². The quantitative estimate of drug-likeness (QED) is 0.172. The number of para-hydroxylation sites is 4. The second-order valence-corrected chi connectivity index (χ2v) is 17.6. The van der Waals surface area contributed by atoms with Crippen molar-refractivity contribution in [1.29, 1.82) is 0 Å². The summed E-state index contributed by atoms with van der Waals surface area (Å²) >= 11 is 0. The van der Waals surface area contributed by atoms with Crippen LogP contribution < -0.4 is 0 Å². The van der Waals surface area contributed by atoms with Gasteiger partial charge in [0.05, 0.1) is 33.1 Å². The van der Waals surface area contributed by atoms with Crippen LogP contribution in [0.5, 0.6) is 0 Å². The van der Waals surface area contributed by atoms with Crippen molar-refractivity contribution < 1.29 is 0 Å². The molecule has 3 heterocycles. The molecule has 1 aliphatic carbocycles. The van der Waals surface area contributed by atoms with E-state index in [1.54, 1.807) is 0 Å². The molecule has 274 valence electrons. The molecule has 0 radical (unpaired) electrons. The van der Waals surface area contributed by atoms with E-state index >= 15 is 0 Å². The van der Waals surface area contributed by atoms with Gasteiger partial charge in [-0.2, -0.15) is 0 Å². The Morgan fingerprint density at radius 3 is 1.35 bits per heavy atom. The van der Waals surface area contributed by atoms with E-state index in [4.69, 9.17) is 0 Å². The fourth-order valence-electron chi connectivity index (χ4n) is 10.6. The molecule has 3 heteroatoms. The number of aromatic nitrogens is 3. The predicted molar refractivity (Wildman–Crippen MR) is 242 cm³/mol. The summed E-state index contributed by atoms with van der Waals surface area (Å²) in [4.78, 5) is 0. The van der Waals surface area contributed by atoms with Crippen LogP contribution in [0.25, 0.3) is 93.3 Å². The van der Waals surface area contributed by atoms with Crippen molar-refractivity contribution >= 4 is 76.2 Å². The second kappa shape index (κ2) is 11.5. The van der Waals surface area contributed by atoms with E-state index in [0.717, 1.165) is 23.5 Å². The van der Waals surface area contributed by atoms with Crippen molar-refractivity contribution in [3.05, 3.63) is 175 Å². The number of rotatable bonds is 3. The lowest BCUT2D eigenvalue weighted by Gasteiger charge is -2.42. The largest absolute Gasteiger partial charge is 0.309 e. The molecule has 3 aromatic heterocycles. The summed E-state index contributed by atoms with van der Waals surface area (Å²) in [6, 6.07) is 61.2. The van der Waals surface area contributed by atoms with E-state index in [1.165, 1.54) is 93.7 Å². The van der Waals surface area contributed by atoms with Crippen LogP contribution in [0.4, 0.5) is 0 Å². The average Bonchev–Trinajstić information content (AvgIpc) is 3.89. The summed E-state index contributed by atoms with van der Waals surface area (Å²) in [5.74, 6) is 0. The van der Waals surface area contributed by atoms with Gasteiger partial charge in [-0.3, -0.25) is 0 Å². The lowest BCUT2D eigenvalue weighted by atomic mass is 9.63. The monoisotopic (exact) mass is 733 g/mol. The summed E-state index contributed by atoms with van der Waals surface area (Å²) in [7, 11) is 0. The Morgan fingerprint density at radius 1 is 0.333 bits per heavy atom. The fourth-order valence-corrected chi connectivity index (χ4v) is 10.6. The first-order chi connectivity index (χ1) is 27.8. The maximum atomic E-state index is 2.62. The molecule has 12 rings (SSSR count). The molecule has 0 fully saturated rings. The maximum absolute atomic E-state index is 2.62.